The third kappa shape index (κ3) is 2.52. The molecule has 1 amide bonds. The predicted molar refractivity (Wildman–Crippen MR) is 63.9 cm³/mol. The minimum atomic E-state index is -0.256. The van der Waals surface area contributed by atoms with Gasteiger partial charge in [-0.2, -0.15) is 4.98 Å². The average molecular weight is 251 g/mol. The fraction of sp³-hybridized carbons (Fsp3) is 0.364. The van der Waals surface area contributed by atoms with E-state index >= 15 is 0 Å². The van der Waals surface area contributed by atoms with Crippen LogP contribution in [0.5, 0.6) is 0 Å². The quantitative estimate of drug-likeness (QED) is 0.904. The van der Waals surface area contributed by atoms with Crippen LogP contribution < -0.4 is 5.32 Å². The van der Waals surface area contributed by atoms with E-state index in [4.69, 9.17) is 0 Å². The van der Waals surface area contributed by atoms with E-state index in [-0.39, 0.29) is 11.9 Å². The summed E-state index contributed by atoms with van der Waals surface area (Å²) in [6, 6.07) is 1.71. The molecule has 1 unspecified atom stereocenters. The molecule has 17 heavy (non-hydrogen) atoms. The smallest absolute Gasteiger partial charge is 0.262 e. The lowest BCUT2D eigenvalue weighted by molar-refractivity contribution is 0.0941. The number of carbonyl (C=O) groups excluding carboxylic acids is 1. The summed E-state index contributed by atoms with van der Waals surface area (Å²) in [5, 5.41) is 8.46. The summed E-state index contributed by atoms with van der Waals surface area (Å²) in [5.41, 5.74) is 1.06. The van der Waals surface area contributed by atoms with Crippen LogP contribution in [0.3, 0.4) is 0 Å². The van der Waals surface area contributed by atoms with Crippen LogP contribution in [0.4, 0.5) is 0 Å². The Hall–Kier alpha value is -1.69. The topological polar surface area (TPSA) is 68.0 Å². The molecule has 2 heterocycles. The number of amides is 1. The van der Waals surface area contributed by atoms with Crippen molar-refractivity contribution in [2.45, 2.75) is 26.3 Å². The summed E-state index contributed by atoms with van der Waals surface area (Å²) in [7, 11) is 0. The molecule has 0 aliphatic rings. The van der Waals surface area contributed by atoms with Gasteiger partial charge < -0.3 is 9.84 Å². The SMILES string of the molecule is CCc1ccsc1C(=O)NC(C)c1ncon1. The van der Waals surface area contributed by atoms with Crippen molar-refractivity contribution in [2.75, 3.05) is 0 Å². The van der Waals surface area contributed by atoms with Crippen LogP contribution in [-0.4, -0.2) is 16.0 Å². The number of aromatic nitrogens is 2. The van der Waals surface area contributed by atoms with E-state index in [1.165, 1.54) is 17.7 Å². The highest BCUT2D eigenvalue weighted by Gasteiger charge is 2.17. The molecule has 0 aliphatic carbocycles. The zero-order chi connectivity index (χ0) is 12.3. The monoisotopic (exact) mass is 251 g/mol. The average Bonchev–Trinajstić information content (AvgIpc) is 2.99. The first kappa shape index (κ1) is 11.8. The van der Waals surface area contributed by atoms with E-state index in [1.807, 2.05) is 25.3 Å². The summed E-state index contributed by atoms with van der Waals surface area (Å²) >= 11 is 1.45. The van der Waals surface area contributed by atoms with Gasteiger partial charge in [-0.25, -0.2) is 0 Å². The molecule has 5 nitrogen and oxygen atoms in total. The first-order chi connectivity index (χ1) is 8.22. The summed E-state index contributed by atoms with van der Waals surface area (Å²) in [4.78, 5) is 16.7. The molecule has 90 valence electrons. The maximum atomic E-state index is 12.0. The van der Waals surface area contributed by atoms with Crippen molar-refractivity contribution < 1.29 is 9.32 Å². The van der Waals surface area contributed by atoms with Gasteiger partial charge in [0.25, 0.3) is 5.91 Å². The molecule has 0 spiro atoms. The molecule has 0 fully saturated rings. The van der Waals surface area contributed by atoms with E-state index in [9.17, 15) is 4.79 Å². The minimum absolute atomic E-state index is 0.0887. The Morgan fingerprint density at radius 1 is 1.65 bits per heavy atom. The Morgan fingerprint density at radius 2 is 2.47 bits per heavy atom. The third-order valence-corrected chi connectivity index (χ3v) is 3.40. The lowest BCUT2D eigenvalue weighted by Gasteiger charge is -2.09. The predicted octanol–water partition coefficient (Wildman–Crippen LogP) is 2.18. The van der Waals surface area contributed by atoms with Crippen LogP contribution in [0, 0.1) is 0 Å². The van der Waals surface area contributed by atoms with Gasteiger partial charge in [-0.1, -0.05) is 12.1 Å². The van der Waals surface area contributed by atoms with E-state index in [1.54, 1.807) is 0 Å². The second-order valence-electron chi connectivity index (χ2n) is 3.61. The maximum Gasteiger partial charge on any atom is 0.262 e. The van der Waals surface area contributed by atoms with Crippen LogP contribution in [0.2, 0.25) is 0 Å². The van der Waals surface area contributed by atoms with Gasteiger partial charge in [0.2, 0.25) is 6.39 Å². The Labute approximate surface area is 103 Å². The molecule has 2 aromatic rings. The molecule has 6 heteroatoms. The number of hydrogen-bond donors (Lipinski definition) is 1. The number of rotatable bonds is 4. The van der Waals surface area contributed by atoms with Gasteiger partial charge in [0, 0.05) is 0 Å². The third-order valence-electron chi connectivity index (χ3n) is 2.45. The zero-order valence-electron chi connectivity index (χ0n) is 9.64. The van der Waals surface area contributed by atoms with Crippen LogP contribution in [-0.2, 0) is 6.42 Å². The van der Waals surface area contributed by atoms with Crippen molar-refractivity contribution in [3.05, 3.63) is 34.1 Å². The number of nitrogens with zero attached hydrogens (tertiary/aromatic N) is 2. The number of nitrogens with one attached hydrogen (secondary N) is 1. The Kier molecular flexibility index (Phi) is 3.53. The van der Waals surface area contributed by atoms with Gasteiger partial charge in [-0.3, -0.25) is 4.79 Å². The molecule has 0 radical (unpaired) electrons. The van der Waals surface area contributed by atoms with E-state index in [2.05, 4.69) is 20.0 Å². The highest BCUT2D eigenvalue weighted by molar-refractivity contribution is 7.12. The molecule has 1 atom stereocenters. The number of thiophene rings is 1. The molecule has 0 aliphatic heterocycles. The van der Waals surface area contributed by atoms with E-state index < -0.39 is 0 Å². The molecule has 0 aromatic carbocycles. The van der Waals surface area contributed by atoms with Gasteiger partial charge in [0.1, 0.15) is 0 Å². The Bertz CT molecular complexity index is 493. The lowest BCUT2D eigenvalue weighted by atomic mass is 10.2. The van der Waals surface area contributed by atoms with Crippen LogP contribution >= 0.6 is 11.3 Å². The second-order valence-corrected chi connectivity index (χ2v) is 4.53. The summed E-state index contributed by atoms with van der Waals surface area (Å²) in [6.07, 6.45) is 2.10. The molecular weight excluding hydrogens is 238 g/mol. The van der Waals surface area contributed by atoms with Crippen LogP contribution in [0.1, 0.15) is 40.9 Å². The van der Waals surface area contributed by atoms with Gasteiger partial charge in [-0.15, -0.1) is 11.3 Å². The minimum Gasteiger partial charge on any atom is -0.343 e. The van der Waals surface area contributed by atoms with Crippen LogP contribution in [0.25, 0.3) is 0 Å². The standard InChI is InChI=1S/C11H13N3O2S/c1-3-8-4-5-17-9(8)11(15)13-7(2)10-12-6-16-14-10/h4-7H,3H2,1-2H3,(H,13,15). The van der Waals surface area contributed by atoms with Crippen molar-refractivity contribution in [1.29, 1.82) is 0 Å². The number of hydrogen-bond acceptors (Lipinski definition) is 5. The van der Waals surface area contributed by atoms with Crippen molar-refractivity contribution in [2.24, 2.45) is 0 Å². The fourth-order valence-electron chi connectivity index (χ4n) is 1.51. The Morgan fingerprint density at radius 3 is 3.12 bits per heavy atom. The molecular formula is C11H13N3O2S. The molecule has 1 N–H and O–H groups in total. The van der Waals surface area contributed by atoms with Gasteiger partial charge in [0.05, 0.1) is 10.9 Å². The van der Waals surface area contributed by atoms with Crippen molar-refractivity contribution in [3.63, 3.8) is 0 Å². The highest BCUT2D eigenvalue weighted by atomic mass is 32.1. The van der Waals surface area contributed by atoms with Gasteiger partial charge in [-0.05, 0) is 30.4 Å². The first-order valence-electron chi connectivity index (χ1n) is 5.36. The molecule has 2 rings (SSSR count). The molecule has 2 aromatic heterocycles. The summed E-state index contributed by atoms with van der Waals surface area (Å²) in [5.74, 6) is 0.391. The summed E-state index contributed by atoms with van der Waals surface area (Å²) in [6.45, 7) is 3.85. The normalized spacial score (nSPS) is 12.4. The molecule has 0 saturated carbocycles. The lowest BCUT2D eigenvalue weighted by Crippen LogP contribution is -2.27. The number of carbonyl (C=O) groups is 1. The van der Waals surface area contributed by atoms with E-state index in [0.29, 0.717) is 5.82 Å². The van der Waals surface area contributed by atoms with E-state index in [0.717, 1.165) is 16.9 Å². The van der Waals surface area contributed by atoms with Crippen molar-refractivity contribution >= 4 is 17.2 Å². The van der Waals surface area contributed by atoms with Gasteiger partial charge in [0.15, 0.2) is 5.82 Å². The summed E-state index contributed by atoms with van der Waals surface area (Å²) < 4.78 is 4.64. The zero-order valence-corrected chi connectivity index (χ0v) is 10.5. The first-order valence-corrected chi connectivity index (χ1v) is 6.23. The van der Waals surface area contributed by atoms with Gasteiger partial charge >= 0.3 is 0 Å². The van der Waals surface area contributed by atoms with Crippen molar-refractivity contribution in [1.82, 2.24) is 15.5 Å². The molecule has 0 bridgehead atoms. The number of aryl methyl sites for hydroxylation is 1. The molecule has 0 saturated heterocycles. The van der Waals surface area contributed by atoms with Crippen molar-refractivity contribution in [3.8, 4) is 0 Å². The fourth-order valence-corrected chi connectivity index (χ4v) is 2.41. The second kappa shape index (κ2) is 5.09. The maximum absolute atomic E-state index is 12.0. The Balaban J connectivity index is 2.07. The van der Waals surface area contributed by atoms with Crippen LogP contribution in [0.15, 0.2) is 22.4 Å². The largest absolute Gasteiger partial charge is 0.343 e. The highest BCUT2D eigenvalue weighted by Crippen LogP contribution is 2.18.